The van der Waals surface area contributed by atoms with E-state index in [9.17, 15) is 0 Å². The van der Waals surface area contributed by atoms with Gasteiger partial charge < -0.3 is 11.1 Å². The van der Waals surface area contributed by atoms with E-state index in [4.69, 9.17) is 39.8 Å². The van der Waals surface area contributed by atoms with Crippen LogP contribution in [0.4, 0.5) is 0 Å². The number of nitrogens with two attached hydrogens (primary N) is 1. The van der Waals surface area contributed by atoms with Gasteiger partial charge in [-0.25, -0.2) is 0 Å². The van der Waals surface area contributed by atoms with Crippen LogP contribution >= 0.6 is 35.0 Å². The van der Waals surface area contributed by atoms with Crippen LogP contribution in [0.15, 0.2) is 18.2 Å². The van der Waals surface area contributed by atoms with Gasteiger partial charge in [0.15, 0.2) is 11.1 Å². The summed E-state index contributed by atoms with van der Waals surface area (Å²) in [4.78, 5) is 0. The lowest BCUT2D eigenvalue weighted by molar-refractivity contribution is 1.24. The first-order valence-electron chi connectivity index (χ1n) is 4.25. The highest BCUT2D eigenvalue weighted by molar-refractivity contribution is 8.13. The zero-order valence-corrected chi connectivity index (χ0v) is 10.5. The van der Waals surface area contributed by atoms with E-state index in [2.05, 4.69) is 5.32 Å². The van der Waals surface area contributed by atoms with E-state index in [1.165, 1.54) is 11.8 Å². The molecule has 0 saturated heterocycles. The van der Waals surface area contributed by atoms with Crippen LogP contribution in [0.1, 0.15) is 5.56 Å². The molecule has 0 aliphatic carbocycles. The molecule has 0 amide bonds. The van der Waals surface area contributed by atoms with Crippen molar-refractivity contribution in [2.45, 2.75) is 5.75 Å². The molecule has 0 aromatic heterocycles. The second-order valence-electron chi connectivity index (χ2n) is 2.89. The fourth-order valence-corrected chi connectivity index (χ4v) is 2.14. The van der Waals surface area contributed by atoms with Crippen molar-refractivity contribution < 1.29 is 0 Å². The Bertz CT molecular complexity index is 422. The van der Waals surface area contributed by atoms with Crippen molar-refractivity contribution in [1.29, 1.82) is 10.8 Å². The standard InChI is InChI=1S/C9H10Cl2N4S/c10-6-1-2-7(11)5(3-6)4-16-9(14)15-8(12)13/h1-3H,4H2,(H5,12,13,14,15). The molecule has 0 bridgehead atoms. The van der Waals surface area contributed by atoms with Crippen molar-refractivity contribution in [2.75, 3.05) is 0 Å². The average molecular weight is 277 g/mol. The molecular weight excluding hydrogens is 267 g/mol. The van der Waals surface area contributed by atoms with Crippen molar-refractivity contribution in [3.8, 4) is 0 Å². The van der Waals surface area contributed by atoms with Crippen molar-refractivity contribution in [3.63, 3.8) is 0 Å². The van der Waals surface area contributed by atoms with Crippen LogP contribution in [0.2, 0.25) is 10.0 Å². The monoisotopic (exact) mass is 276 g/mol. The second-order valence-corrected chi connectivity index (χ2v) is 4.72. The molecule has 0 fully saturated rings. The van der Waals surface area contributed by atoms with Crippen LogP contribution in [0.5, 0.6) is 0 Å². The van der Waals surface area contributed by atoms with Gasteiger partial charge in [-0.1, -0.05) is 35.0 Å². The molecular formula is C9H10Cl2N4S. The molecule has 0 unspecified atom stereocenters. The molecule has 86 valence electrons. The molecule has 0 aliphatic rings. The topological polar surface area (TPSA) is 85.8 Å². The van der Waals surface area contributed by atoms with Gasteiger partial charge in [0.25, 0.3) is 0 Å². The lowest BCUT2D eigenvalue weighted by Crippen LogP contribution is -2.33. The van der Waals surface area contributed by atoms with E-state index in [1.54, 1.807) is 18.2 Å². The van der Waals surface area contributed by atoms with E-state index in [0.29, 0.717) is 15.8 Å². The number of rotatable bonds is 2. The second kappa shape index (κ2) is 5.98. The van der Waals surface area contributed by atoms with E-state index in [0.717, 1.165) is 5.56 Å². The van der Waals surface area contributed by atoms with Crippen molar-refractivity contribution >= 4 is 46.1 Å². The summed E-state index contributed by atoms with van der Waals surface area (Å²) in [6, 6.07) is 5.16. The Morgan fingerprint density at radius 2 is 2.06 bits per heavy atom. The molecule has 0 aliphatic heterocycles. The molecule has 0 radical (unpaired) electrons. The number of thioether (sulfide) groups is 1. The molecule has 4 nitrogen and oxygen atoms in total. The summed E-state index contributed by atoms with van der Waals surface area (Å²) in [5.41, 5.74) is 5.93. The summed E-state index contributed by atoms with van der Waals surface area (Å²) in [5.74, 6) is 0.244. The molecule has 5 N–H and O–H groups in total. The Balaban J connectivity index is 2.57. The molecule has 0 heterocycles. The van der Waals surface area contributed by atoms with Crippen LogP contribution in [-0.4, -0.2) is 11.1 Å². The number of guanidine groups is 1. The summed E-state index contributed by atoms with van der Waals surface area (Å²) in [7, 11) is 0. The highest BCUT2D eigenvalue weighted by Gasteiger charge is 2.04. The van der Waals surface area contributed by atoms with Gasteiger partial charge in [-0.3, -0.25) is 10.8 Å². The van der Waals surface area contributed by atoms with Gasteiger partial charge in [-0.2, -0.15) is 0 Å². The number of benzene rings is 1. The third-order valence-electron chi connectivity index (χ3n) is 1.63. The van der Waals surface area contributed by atoms with Crippen LogP contribution in [0, 0.1) is 10.8 Å². The summed E-state index contributed by atoms with van der Waals surface area (Å²) in [6.07, 6.45) is 0. The van der Waals surface area contributed by atoms with Gasteiger partial charge in [0, 0.05) is 15.8 Å². The molecule has 1 aromatic carbocycles. The van der Waals surface area contributed by atoms with Crippen LogP contribution in [0.3, 0.4) is 0 Å². The van der Waals surface area contributed by atoms with Crippen molar-refractivity contribution in [1.82, 2.24) is 5.32 Å². The summed E-state index contributed by atoms with van der Waals surface area (Å²) in [5, 5.41) is 18.1. The minimum Gasteiger partial charge on any atom is -0.370 e. The largest absolute Gasteiger partial charge is 0.370 e. The Labute approximate surface area is 108 Å². The Hall–Kier alpha value is -0.910. The molecule has 1 aromatic rings. The smallest absolute Gasteiger partial charge is 0.191 e. The van der Waals surface area contributed by atoms with E-state index in [-0.39, 0.29) is 11.1 Å². The van der Waals surface area contributed by atoms with Crippen LogP contribution in [0.25, 0.3) is 0 Å². The highest BCUT2D eigenvalue weighted by Crippen LogP contribution is 2.24. The molecule has 7 heteroatoms. The van der Waals surface area contributed by atoms with Gasteiger partial charge >= 0.3 is 0 Å². The van der Waals surface area contributed by atoms with E-state index >= 15 is 0 Å². The average Bonchev–Trinajstić information content (AvgIpc) is 2.18. The zero-order chi connectivity index (χ0) is 12.1. The lowest BCUT2D eigenvalue weighted by Gasteiger charge is -2.06. The third-order valence-corrected chi connectivity index (χ3v) is 3.08. The number of amidine groups is 1. The van der Waals surface area contributed by atoms with Crippen molar-refractivity contribution in [3.05, 3.63) is 33.8 Å². The lowest BCUT2D eigenvalue weighted by atomic mass is 10.2. The first-order chi connectivity index (χ1) is 7.49. The fraction of sp³-hybridized carbons (Fsp3) is 0.111. The molecule has 0 spiro atoms. The van der Waals surface area contributed by atoms with Gasteiger partial charge in [-0.05, 0) is 23.8 Å². The quantitative estimate of drug-likeness (QED) is 0.495. The van der Waals surface area contributed by atoms with Crippen LogP contribution in [-0.2, 0) is 5.75 Å². The maximum atomic E-state index is 7.45. The maximum absolute atomic E-state index is 7.45. The number of hydrogen-bond acceptors (Lipinski definition) is 3. The van der Waals surface area contributed by atoms with Crippen LogP contribution < -0.4 is 11.1 Å². The number of nitrogens with one attached hydrogen (secondary N) is 3. The van der Waals surface area contributed by atoms with E-state index < -0.39 is 0 Å². The van der Waals surface area contributed by atoms with Crippen molar-refractivity contribution in [2.24, 2.45) is 5.73 Å². The Kier molecular flexibility index (Phi) is 4.92. The first-order valence-corrected chi connectivity index (χ1v) is 5.99. The first kappa shape index (κ1) is 13.2. The SMILES string of the molecule is N=C(N)NC(=N)SCc1cc(Cl)ccc1Cl. The van der Waals surface area contributed by atoms with Gasteiger partial charge in [0.2, 0.25) is 0 Å². The number of hydrogen-bond donors (Lipinski definition) is 4. The zero-order valence-electron chi connectivity index (χ0n) is 8.18. The Morgan fingerprint density at radius 1 is 1.38 bits per heavy atom. The highest BCUT2D eigenvalue weighted by atomic mass is 35.5. The van der Waals surface area contributed by atoms with Gasteiger partial charge in [0.05, 0.1) is 0 Å². The molecule has 0 saturated carbocycles. The summed E-state index contributed by atoms with van der Waals surface area (Å²) < 4.78 is 0. The predicted octanol–water partition coefficient (Wildman–Crippen LogP) is 2.64. The molecule has 16 heavy (non-hydrogen) atoms. The van der Waals surface area contributed by atoms with E-state index in [1.807, 2.05) is 0 Å². The van der Waals surface area contributed by atoms with Gasteiger partial charge in [-0.15, -0.1) is 0 Å². The number of halogens is 2. The third kappa shape index (κ3) is 4.30. The minimum atomic E-state index is -0.255. The Morgan fingerprint density at radius 3 is 2.69 bits per heavy atom. The minimum absolute atomic E-state index is 0.101. The normalized spacial score (nSPS) is 9.88. The fourth-order valence-electron chi connectivity index (χ4n) is 0.962. The summed E-state index contributed by atoms with van der Waals surface area (Å²) >= 11 is 13.0. The van der Waals surface area contributed by atoms with Gasteiger partial charge in [0.1, 0.15) is 0 Å². The molecule has 0 atom stereocenters. The summed E-state index contributed by atoms with van der Waals surface area (Å²) in [6.45, 7) is 0. The maximum Gasteiger partial charge on any atom is 0.191 e. The predicted molar refractivity (Wildman–Crippen MR) is 70.5 cm³/mol. The molecule has 1 rings (SSSR count).